The molecule has 1 unspecified atom stereocenters. The van der Waals surface area contributed by atoms with Crippen molar-refractivity contribution >= 4 is 12.4 Å². The van der Waals surface area contributed by atoms with Gasteiger partial charge in [0.25, 0.3) is 0 Å². The fraction of sp³-hybridized carbons (Fsp3) is 1.00. The highest BCUT2D eigenvalue weighted by atomic mass is 35.5. The fourth-order valence-electron chi connectivity index (χ4n) is 1.02. The highest BCUT2D eigenvalue weighted by Gasteiger charge is 2.26. The first-order valence-corrected chi connectivity index (χ1v) is 3.28. The van der Waals surface area contributed by atoms with Gasteiger partial charge in [0, 0.05) is 6.54 Å². The van der Waals surface area contributed by atoms with Gasteiger partial charge in [-0.15, -0.1) is 12.4 Å². The third kappa shape index (κ3) is 3.04. The Balaban J connectivity index is 0.000000640. The number of halogens is 1. The number of hydrogen-bond acceptors (Lipinski definition) is 2. The molecule has 9 heavy (non-hydrogen) atoms. The van der Waals surface area contributed by atoms with Gasteiger partial charge in [-0.3, -0.25) is 11.3 Å². The topological polar surface area (TPSA) is 38.0 Å². The summed E-state index contributed by atoms with van der Waals surface area (Å²) in [5.74, 6) is 6.91. The van der Waals surface area contributed by atoms with E-state index in [0.717, 1.165) is 18.4 Å². The second kappa shape index (κ2) is 4.09. The molecule has 1 rings (SSSR count). The predicted molar refractivity (Wildman–Crippen MR) is 41.3 cm³/mol. The number of rotatable bonds is 3. The van der Waals surface area contributed by atoms with Crippen molar-refractivity contribution in [3.05, 3.63) is 0 Å². The summed E-state index contributed by atoms with van der Waals surface area (Å²) in [6, 6.07) is 0. The monoisotopic (exact) mass is 150 g/mol. The van der Waals surface area contributed by atoms with E-state index in [0.29, 0.717) is 0 Å². The molecule has 1 aliphatic rings. The first-order chi connectivity index (χ1) is 3.84. The van der Waals surface area contributed by atoms with Crippen LogP contribution in [0.3, 0.4) is 0 Å². The van der Waals surface area contributed by atoms with Gasteiger partial charge < -0.3 is 0 Å². The zero-order valence-electron chi connectivity index (χ0n) is 5.76. The van der Waals surface area contributed by atoms with Crippen LogP contribution in [0.2, 0.25) is 0 Å². The maximum absolute atomic E-state index is 5.14. The van der Waals surface area contributed by atoms with Crippen molar-refractivity contribution in [1.29, 1.82) is 0 Å². The number of hydrogen-bond donors (Lipinski definition) is 2. The van der Waals surface area contributed by atoms with Crippen molar-refractivity contribution in [3.8, 4) is 0 Å². The van der Waals surface area contributed by atoms with Crippen LogP contribution >= 0.6 is 12.4 Å². The van der Waals surface area contributed by atoms with Crippen molar-refractivity contribution in [3.63, 3.8) is 0 Å². The summed E-state index contributed by atoms with van der Waals surface area (Å²) in [6.45, 7) is 3.22. The molecule has 1 aliphatic carbocycles. The van der Waals surface area contributed by atoms with Crippen molar-refractivity contribution < 1.29 is 0 Å². The number of nitrogens with two attached hydrogens (primary N) is 1. The second-order valence-corrected chi connectivity index (χ2v) is 2.72. The lowest BCUT2D eigenvalue weighted by molar-refractivity contribution is 0.469. The maximum Gasteiger partial charge on any atom is 0.0126 e. The SMILES string of the molecule is CC(CNN)C1CC1.Cl. The van der Waals surface area contributed by atoms with Crippen LogP contribution in [0.5, 0.6) is 0 Å². The first-order valence-electron chi connectivity index (χ1n) is 3.28. The minimum absolute atomic E-state index is 0. The fourth-order valence-corrected chi connectivity index (χ4v) is 1.02. The minimum Gasteiger partial charge on any atom is -0.271 e. The lowest BCUT2D eigenvalue weighted by Gasteiger charge is -2.06. The molecule has 2 nitrogen and oxygen atoms in total. The van der Waals surface area contributed by atoms with Crippen molar-refractivity contribution in [2.45, 2.75) is 19.8 Å². The molecule has 0 spiro atoms. The van der Waals surface area contributed by atoms with Crippen LogP contribution in [-0.2, 0) is 0 Å². The highest BCUT2D eigenvalue weighted by Crippen LogP contribution is 2.35. The maximum atomic E-state index is 5.14. The zero-order valence-corrected chi connectivity index (χ0v) is 6.58. The molecule has 3 heteroatoms. The Morgan fingerprint density at radius 3 is 2.56 bits per heavy atom. The minimum atomic E-state index is 0. The Labute approximate surface area is 62.6 Å². The van der Waals surface area contributed by atoms with Gasteiger partial charge in [-0.25, -0.2) is 0 Å². The summed E-state index contributed by atoms with van der Waals surface area (Å²) in [5.41, 5.74) is 2.69. The van der Waals surface area contributed by atoms with Crippen LogP contribution in [0.15, 0.2) is 0 Å². The Kier molecular flexibility index (Phi) is 4.19. The van der Waals surface area contributed by atoms with Gasteiger partial charge in [0.05, 0.1) is 0 Å². The third-order valence-corrected chi connectivity index (χ3v) is 1.87. The van der Waals surface area contributed by atoms with E-state index in [1.54, 1.807) is 0 Å². The van der Waals surface area contributed by atoms with Gasteiger partial charge in [0.15, 0.2) is 0 Å². The van der Waals surface area contributed by atoms with Gasteiger partial charge in [0.1, 0.15) is 0 Å². The van der Waals surface area contributed by atoms with Crippen LogP contribution in [0.4, 0.5) is 0 Å². The third-order valence-electron chi connectivity index (χ3n) is 1.87. The molecule has 56 valence electrons. The first kappa shape index (κ1) is 9.21. The van der Waals surface area contributed by atoms with Crippen molar-refractivity contribution in [2.75, 3.05) is 6.54 Å². The molecule has 3 N–H and O–H groups in total. The molecule has 0 saturated heterocycles. The molecule has 1 atom stereocenters. The Morgan fingerprint density at radius 2 is 2.22 bits per heavy atom. The lowest BCUT2D eigenvalue weighted by atomic mass is 10.1. The van der Waals surface area contributed by atoms with E-state index in [4.69, 9.17) is 5.84 Å². The molecule has 0 amide bonds. The van der Waals surface area contributed by atoms with Crippen molar-refractivity contribution in [1.82, 2.24) is 5.43 Å². The summed E-state index contributed by atoms with van der Waals surface area (Å²) >= 11 is 0. The van der Waals surface area contributed by atoms with E-state index in [9.17, 15) is 0 Å². The largest absolute Gasteiger partial charge is 0.271 e. The van der Waals surface area contributed by atoms with Gasteiger partial charge in [-0.2, -0.15) is 0 Å². The molecule has 0 aromatic rings. The molecule has 0 bridgehead atoms. The van der Waals surface area contributed by atoms with E-state index >= 15 is 0 Å². The van der Waals surface area contributed by atoms with Gasteiger partial charge in [-0.05, 0) is 24.7 Å². The molecule has 0 radical (unpaired) electrons. The molecule has 0 heterocycles. The van der Waals surface area contributed by atoms with E-state index in [1.807, 2.05) is 0 Å². The van der Waals surface area contributed by atoms with Crippen LogP contribution in [0.1, 0.15) is 19.8 Å². The highest BCUT2D eigenvalue weighted by molar-refractivity contribution is 5.85. The number of hydrazine groups is 1. The summed E-state index contributed by atoms with van der Waals surface area (Å²) in [7, 11) is 0. The quantitative estimate of drug-likeness (QED) is 0.464. The molecular weight excluding hydrogens is 136 g/mol. The normalized spacial score (nSPS) is 20.7. The molecule has 1 saturated carbocycles. The van der Waals surface area contributed by atoms with Crippen LogP contribution in [0.25, 0.3) is 0 Å². The van der Waals surface area contributed by atoms with E-state index < -0.39 is 0 Å². The second-order valence-electron chi connectivity index (χ2n) is 2.72. The Hall–Kier alpha value is 0.210. The lowest BCUT2D eigenvalue weighted by Crippen LogP contribution is -2.28. The zero-order chi connectivity index (χ0) is 5.98. The Morgan fingerprint density at radius 1 is 1.67 bits per heavy atom. The smallest absolute Gasteiger partial charge is 0.0126 e. The summed E-state index contributed by atoms with van der Waals surface area (Å²) < 4.78 is 0. The Bertz CT molecular complexity index is 73.5. The van der Waals surface area contributed by atoms with E-state index in [2.05, 4.69) is 12.3 Å². The summed E-state index contributed by atoms with van der Waals surface area (Å²) in [5, 5.41) is 0. The molecular formula is C6H15ClN2. The molecule has 0 aromatic heterocycles. The molecule has 0 aliphatic heterocycles. The standard InChI is InChI=1S/C6H14N2.ClH/c1-5(4-8-7)6-2-3-6;/h5-6,8H,2-4,7H2,1H3;1H. The van der Waals surface area contributed by atoms with Crippen LogP contribution in [0, 0.1) is 11.8 Å². The van der Waals surface area contributed by atoms with Crippen LogP contribution in [-0.4, -0.2) is 6.54 Å². The summed E-state index contributed by atoms with van der Waals surface area (Å²) in [6.07, 6.45) is 2.84. The van der Waals surface area contributed by atoms with Gasteiger partial charge in [-0.1, -0.05) is 6.92 Å². The average Bonchev–Trinajstić information content (AvgIpc) is 2.45. The predicted octanol–water partition coefficient (Wildman–Crippen LogP) is 0.918. The van der Waals surface area contributed by atoms with E-state index in [1.165, 1.54) is 12.8 Å². The molecule has 1 fully saturated rings. The average molecular weight is 151 g/mol. The molecule has 0 aromatic carbocycles. The van der Waals surface area contributed by atoms with Gasteiger partial charge >= 0.3 is 0 Å². The number of nitrogens with one attached hydrogen (secondary N) is 1. The van der Waals surface area contributed by atoms with Gasteiger partial charge in [0.2, 0.25) is 0 Å². The van der Waals surface area contributed by atoms with E-state index in [-0.39, 0.29) is 12.4 Å². The van der Waals surface area contributed by atoms with Crippen LogP contribution < -0.4 is 11.3 Å². The summed E-state index contributed by atoms with van der Waals surface area (Å²) in [4.78, 5) is 0. The van der Waals surface area contributed by atoms with Crippen molar-refractivity contribution in [2.24, 2.45) is 17.7 Å².